The summed E-state index contributed by atoms with van der Waals surface area (Å²) in [6.45, 7) is 29.9. The molecule has 202 valence electrons. The third kappa shape index (κ3) is 8.41. The Morgan fingerprint density at radius 3 is 2.09 bits per heavy atom. The van der Waals surface area contributed by atoms with Gasteiger partial charge in [0.25, 0.3) is 0 Å². The summed E-state index contributed by atoms with van der Waals surface area (Å²) in [4.78, 5) is 0. The third-order valence-electron chi connectivity index (χ3n) is 8.14. The van der Waals surface area contributed by atoms with E-state index in [1.807, 2.05) is 26.0 Å². The molecule has 0 aromatic heterocycles. The molecule has 0 radical (unpaired) electrons. The molecule has 35 heavy (non-hydrogen) atoms. The van der Waals surface area contributed by atoms with Crippen LogP contribution >= 0.6 is 0 Å². The van der Waals surface area contributed by atoms with Crippen LogP contribution < -0.4 is 0 Å². The minimum atomic E-state index is -2.16. The lowest BCUT2D eigenvalue weighted by Crippen LogP contribution is -2.54. The molecule has 1 rings (SSSR count). The van der Waals surface area contributed by atoms with E-state index >= 15 is 0 Å². The average Bonchev–Trinajstić information content (AvgIpc) is 3.11. The second kappa shape index (κ2) is 12.7. The van der Waals surface area contributed by atoms with Crippen molar-refractivity contribution < 1.29 is 18.3 Å². The number of terminal acetylenes is 1. The first-order valence-electron chi connectivity index (χ1n) is 13.5. The van der Waals surface area contributed by atoms with Crippen molar-refractivity contribution in [2.24, 2.45) is 0 Å². The lowest BCUT2D eigenvalue weighted by Gasteiger charge is -2.45. The van der Waals surface area contributed by atoms with Gasteiger partial charge in [0.05, 0.1) is 6.10 Å². The van der Waals surface area contributed by atoms with Crippen molar-refractivity contribution >= 4 is 16.6 Å². The van der Waals surface area contributed by atoms with Crippen molar-refractivity contribution in [3.8, 4) is 12.3 Å². The van der Waals surface area contributed by atoms with Gasteiger partial charge in [0.1, 0.15) is 17.8 Å². The minimum Gasteiger partial charge on any atom is -0.411 e. The predicted molar refractivity (Wildman–Crippen MR) is 155 cm³/mol. The summed E-state index contributed by atoms with van der Waals surface area (Å²) in [7, 11) is -4.15. The van der Waals surface area contributed by atoms with Crippen LogP contribution in [-0.2, 0) is 18.3 Å². The average molecular weight is 523 g/mol. The Bertz CT molecular complexity index is 722. The zero-order chi connectivity index (χ0) is 27.1. The van der Waals surface area contributed by atoms with Crippen molar-refractivity contribution in [3.05, 3.63) is 25.3 Å². The van der Waals surface area contributed by atoms with Crippen LogP contribution in [0.5, 0.6) is 0 Å². The van der Waals surface area contributed by atoms with Crippen LogP contribution in [0.1, 0.15) is 81.1 Å². The fraction of sp³-hybridized carbons (Fsp3) is 0.793. The Hall–Kier alpha value is -0.686. The molecule has 1 fully saturated rings. The SMILES string of the molecule is C#C[C@@](CCCC=C)(C[C@H](O[Si](C)(C)C(C)(C)C)[C@@H]1OC(C)(C)O[C@@H]1C=C)O[Si](CC)(CC)CC. The van der Waals surface area contributed by atoms with Gasteiger partial charge in [-0.2, -0.15) is 0 Å². The molecule has 0 N–H and O–H groups in total. The van der Waals surface area contributed by atoms with Crippen molar-refractivity contribution in [2.45, 2.75) is 147 Å². The fourth-order valence-corrected chi connectivity index (χ4v) is 8.99. The highest BCUT2D eigenvalue weighted by Gasteiger charge is 2.51. The van der Waals surface area contributed by atoms with Gasteiger partial charge in [0.15, 0.2) is 22.4 Å². The summed E-state index contributed by atoms with van der Waals surface area (Å²) in [5, 5.41) is 0.0428. The first kappa shape index (κ1) is 32.3. The molecule has 0 aromatic carbocycles. The molecule has 1 aliphatic heterocycles. The molecule has 4 nitrogen and oxygen atoms in total. The molecule has 0 amide bonds. The highest BCUT2D eigenvalue weighted by Crippen LogP contribution is 2.43. The van der Waals surface area contributed by atoms with Gasteiger partial charge in [0, 0.05) is 6.42 Å². The monoisotopic (exact) mass is 522 g/mol. The van der Waals surface area contributed by atoms with Gasteiger partial charge in [-0.15, -0.1) is 19.6 Å². The minimum absolute atomic E-state index is 0.0428. The molecular weight excluding hydrogens is 468 g/mol. The number of hydrogen-bond donors (Lipinski definition) is 0. The van der Waals surface area contributed by atoms with Gasteiger partial charge in [-0.3, -0.25) is 0 Å². The predicted octanol–water partition coefficient (Wildman–Crippen LogP) is 8.22. The van der Waals surface area contributed by atoms with Gasteiger partial charge < -0.3 is 18.3 Å². The molecule has 4 atom stereocenters. The smallest absolute Gasteiger partial charge is 0.194 e. The molecule has 1 saturated heterocycles. The van der Waals surface area contributed by atoms with Gasteiger partial charge >= 0.3 is 0 Å². The van der Waals surface area contributed by atoms with Gasteiger partial charge in [-0.25, -0.2) is 0 Å². The number of allylic oxidation sites excluding steroid dienone is 1. The second-order valence-electron chi connectivity index (χ2n) is 12.1. The topological polar surface area (TPSA) is 36.9 Å². The number of ether oxygens (including phenoxy) is 2. The summed E-state index contributed by atoms with van der Waals surface area (Å²) in [5.74, 6) is 2.44. The molecule has 6 heteroatoms. The van der Waals surface area contributed by atoms with Crippen LogP contribution in [0.15, 0.2) is 25.3 Å². The molecule has 0 aromatic rings. The van der Waals surface area contributed by atoms with E-state index in [4.69, 9.17) is 24.7 Å². The van der Waals surface area contributed by atoms with Crippen molar-refractivity contribution in [3.63, 3.8) is 0 Å². The highest BCUT2D eigenvalue weighted by molar-refractivity contribution is 6.74. The summed E-state index contributed by atoms with van der Waals surface area (Å²) < 4.78 is 26.9. The van der Waals surface area contributed by atoms with E-state index in [0.29, 0.717) is 6.42 Å². The Balaban J connectivity index is 3.56. The largest absolute Gasteiger partial charge is 0.411 e. The zero-order valence-electron chi connectivity index (χ0n) is 24.5. The third-order valence-corrected chi connectivity index (χ3v) is 17.3. The quantitative estimate of drug-likeness (QED) is 0.0939. The molecule has 0 aliphatic carbocycles. The van der Waals surface area contributed by atoms with Gasteiger partial charge in [-0.05, 0) is 69.4 Å². The van der Waals surface area contributed by atoms with Crippen molar-refractivity contribution in [2.75, 3.05) is 0 Å². The Labute approximate surface area is 219 Å². The van der Waals surface area contributed by atoms with E-state index in [1.165, 1.54) is 0 Å². The molecule has 1 aliphatic rings. The van der Waals surface area contributed by atoms with E-state index in [9.17, 15) is 0 Å². The Kier molecular flexibility index (Phi) is 11.7. The number of unbranched alkanes of at least 4 members (excludes halogenated alkanes) is 1. The summed E-state index contributed by atoms with van der Waals surface area (Å²) in [6, 6.07) is 3.14. The van der Waals surface area contributed by atoms with Crippen LogP contribution in [0.3, 0.4) is 0 Å². The summed E-state index contributed by atoms with van der Waals surface area (Å²) in [5.41, 5.74) is -0.716. The second-order valence-corrected chi connectivity index (χ2v) is 21.5. The number of rotatable bonds is 15. The molecular formula is C29H54O4Si2. The van der Waals surface area contributed by atoms with Gasteiger partial charge in [0.2, 0.25) is 0 Å². The first-order chi connectivity index (χ1) is 16.1. The first-order valence-corrected chi connectivity index (χ1v) is 19.0. The number of hydrogen-bond acceptors (Lipinski definition) is 4. The van der Waals surface area contributed by atoms with Crippen molar-refractivity contribution in [1.82, 2.24) is 0 Å². The molecule has 0 spiro atoms. The lowest BCUT2D eigenvalue weighted by molar-refractivity contribution is -0.155. The molecule has 0 unspecified atom stereocenters. The van der Waals surface area contributed by atoms with Crippen LogP contribution in [0.4, 0.5) is 0 Å². The van der Waals surface area contributed by atoms with E-state index in [0.717, 1.165) is 37.4 Å². The summed E-state index contributed by atoms with van der Waals surface area (Å²) >= 11 is 0. The van der Waals surface area contributed by atoms with E-state index in [2.05, 4.69) is 73.7 Å². The Morgan fingerprint density at radius 2 is 1.66 bits per heavy atom. The maximum Gasteiger partial charge on any atom is 0.194 e. The summed E-state index contributed by atoms with van der Waals surface area (Å²) in [6.07, 6.45) is 12.5. The molecule has 0 bridgehead atoms. The zero-order valence-corrected chi connectivity index (χ0v) is 26.5. The van der Waals surface area contributed by atoms with E-state index in [-0.39, 0.29) is 23.4 Å². The van der Waals surface area contributed by atoms with Crippen LogP contribution in [0.25, 0.3) is 0 Å². The fourth-order valence-electron chi connectivity index (χ4n) is 4.66. The van der Waals surface area contributed by atoms with Crippen molar-refractivity contribution in [1.29, 1.82) is 0 Å². The molecule has 1 heterocycles. The van der Waals surface area contributed by atoms with Crippen LogP contribution in [0, 0.1) is 12.3 Å². The van der Waals surface area contributed by atoms with E-state index < -0.39 is 28.0 Å². The van der Waals surface area contributed by atoms with E-state index in [1.54, 1.807) is 0 Å². The normalized spacial score (nSPS) is 23.3. The Morgan fingerprint density at radius 1 is 1.09 bits per heavy atom. The maximum absolute atomic E-state index is 7.16. The van der Waals surface area contributed by atoms with Crippen LogP contribution in [0.2, 0.25) is 36.3 Å². The molecule has 0 saturated carbocycles. The highest BCUT2D eigenvalue weighted by atomic mass is 28.4. The lowest BCUT2D eigenvalue weighted by atomic mass is 9.88. The van der Waals surface area contributed by atoms with Crippen LogP contribution in [-0.4, -0.2) is 46.3 Å². The van der Waals surface area contributed by atoms with Gasteiger partial charge in [-0.1, -0.05) is 59.6 Å². The maximum atomic E-state index is 7.16. The standard InChI is InChI=1S/C29H54O4Si2/c1-14-20-21-22-29(16-3,33-35(17-4,18-5)19-6)23-25(32-34(12,13)27(7,8)9)26-24(15-2)30-28(10,11)31-26/h3,14-15,24-26H,1-2,17-23H2,4-13H3/t24-,25+,26-,29-/m1/s1.